The second-order valence-corrected chi connectivity index (χ2v) is 6.48. The van der Waals surface area contributed by atoms with Crippen LogP contribution in [0.1, 0.15) is 12.5 Å². The number of amides is 1. The average molecular weight is 355 g/mol. The van der Waals surface area contributed by atoms with Crippen molar-refractivity contribution in [3.63, 3.8) is 0 Å². The van der Waals surface area contributed by atoms with Gasteiger partial charge in [-0.15, -0.1) is 0 Å². The fourth-order valence-electron chi connectivity index (χ4n) is 3.13. The second kappa shape index (κ2) is 8.72. The van der Waals surface area contributed by atoms with Crippen LogP contribution >= 0.6 is 0 Å². The molecule has 3 rings (SSSR count). The van der Waals surface area contributed by atoms with Gasteiger partial charge < -0.3 is 19.1 Å². The third-order valence-electron chi connectivity index (χ3n) is 4.55. The van der Waals surface area contributed by atoms with Crippen molar-refractivity contribution in [2.45, 2.75) is 25.5 Å². The van der Waals surface area contributed by atoms with Gasteiger partial charge in [-0.25, -0.2) is 0 Å². The molecule has 0 bridgehead atoms. The van der Waals surface area contributed by atoms with Crippen molar-refractivity contribution >= 4 is 5.91 Å². The van der Waals surface area contributed by atoms with Crippen LogP contribution in [0.2, 0.25) is 0 Å². The van der Waals surface area contributed by atoms with Crippen molar-refractivity contribution in [2.24, 2.45) is 0 Å². The SMILES string of the molecule is COc1ccccc1OCC(=O)N1CC(Cc2ccccc2)OCC1C. The summed E-state index contributed by atoms with van der Waals surface area (Å²) in [6.07, 6.45) is 0.800. The minimum Gasteiger partial charge on any atom is -0.493 e. The van der Waals surface area contributed by atoms with Crippen molar-refractivity contribution in [3.8, 4) is 11.5 Å². The Morgan fingerprint density at radius 3 is 2.54 bits per heavy atom. The standard InChI is InChI=1S/C21H25NO4/c1-16-14-25-18(12-17-8-4-3-5-9-17)13-22(16)21(23)15-26-20-11-7-6-10-19(20)24-2/h3-11,16,18H,12-15H2,1-2H3. The lowest BCUT2D eigenvalue weighted by Crippen LogP contribution is -2.52. The zero-order valence-electron chi connectivity index (χ0n) is 15.3. The molecular formula is C21H25NO4. The maximum Gasteiger partial charge on any atom is 0.260 e. The van der Waals surface area contributed by atoms with Crippen LogP contribution in [-0.4, -0.2) is 49.8 Å². The van der Waals surface area contributed by atoms with E-state index in [1.807, 2.05) is 48.2 Å². The Hall–Kier alpha value is -2.53. The number of para-hydroxylation sites is 2. The summed E-state index contributed by atoms with van der Waals surface area (Å²) in [7, 11) is 1.59. The largest absolute Gasteiger partial charge is 0.493 e. The fourth-order valence-corrected chi connectivity index (χ4v) is 3.13. The van der Waals surface area contributed by atoms with E-state index in [2.05, 4.69) is 12.1 Å². The maximum atomic E-state index is 12.7. The Kier molecular flexibility index (Phi) is 6.12. The van der Waals surface area contributed by atoms with E-state index >= 15 is 0 Å². The highest BCUT2D eigenvalue weighted by molar-refractivity contribution is 5.78. The first-order valence-corrected chi connectivity index (χ1v) is 8.88. The molecule has 1 amide bonds. The highest BCUT2D eigenvalue weighted by Crippen LogP contribution is 2.26. The first kappa shape index (κ1) is 18.3. The minimum absolute atomic E-state index is 0.00353. The molecule has 138 valence electrons. The monoisotopic (exact) mass is 355 g/mol. The van der Waals surface area contributed by atoms with Crippen molar-refractivity contribution in [1.82, 2.24) is 4.90 Å². The number of nitrogens with zero attached hydrogens (tertiary/aromatic N) is 1. The predicted octanol–water partition coefficient (Wildman–Crippen LogP) is 2.93. The molecule has 1 aliphatic rings. The number of ether oxygens (including phenoxy) is 3. The highest BCUT2D eigenvalue weighted by atomic mass is 16.5. The van der Waals surface area contributed by atoms with Gasteiger partial charge in [-0.05, 0) is 24.6 Å². The molecular weight excluding hydrogens is 330 g/mol. The Balaban J connectivity index is 1.58. The molecule has 1 aliphatic heterocycles. The molecule has 1 fully saturated rings. The normalized spacial score (nSPS) is 19.8. The van der Waals surface area contributed by atoms with Crippen molar-refractivity contribution in [1.29, 1.82) is 0 Å². The van der Waals surface area contributed by atoms with Gasteiger partial charge in [-0.2, -0.15) is 0 Å². The average Bonchev–Trinajstić information content (AvgIpc) is 2.68. The van der Waals surface area contributed by atoms with Gasteiger partial charge in [-0.1, -0.05) is 42.5 Å². The lowest BCUT2D eigenvalue weighted by molar-refractivity contribution is -0.146. The summed E-state index contributed by atoms with van der Waals surface area (Å²) in [5, 5.41) is 0. The zero-order chi connectivity index (χ0) is 18.4. The van der Waals surface area contributed by atoms with Crippen LogP contribution in [0.25, 0.3) is 0 Å². The second-order valence-electron chi connectivity index (χ2n) is 6.48. The van der Waals surface area contributed by atoms with E-state index in [1.54, 1.807) is 13.2 Å². The molecule has 0 spiro atoms. The van der Waals surface area contributed by atoms with E-state index in [9.17, 15) is 4.79 Å². The number of carbonyl (C=O) groups is 1. The smallest absolute Gasteiger partial charge is 0.260 e. The van der Waals surface area contributed by atoms with E-state index < -0.39 is 0 Å². The number of benzene rings is 2. The zero-order valence-corrected chi connectivity index (χ0v) is 15.3. The molecule has 26 heavy (non-hydrogen) atoms. The molecule has 0 saturated carbocycles. The van der Waals surface area contributed by atoms with Crippen LogP contribution in [0.5, 0.6) is 11.5 Å². The molecule has 0 aromatic heterocycles. The molecule has 1 heterocycles. The van der Waals surface area contributed by atoms with Gasteiger partial charge in [0, 0.05) is 13.0 Å². The summed E-state index contributed by atoms with van der Waals surface area (Å²) >= 11 is 0. The van der Waals surface area contributed by atoms with Crippen LogP contribution in [0.3, 0.4) is 0 Å². The summed E-state index contributed by atoms with van der Waals surface area (Å²) in [5.41, 5.74) is 1.21. The fraction of sp³-hybridized carbons (Fsp3) is 0.381. The third-order valence-corrected chi connectivity index (χ3v) is 4.55. The molecule has 5 heteroatoms. The predicted molar refractivity (Wildman–Crippen MR) is 99.6 cm³/mol. The molecule has 0 radical (unpaired) electrons. The number of morpholine rings is 1. The van der Waals surface area contributed by atoms with Crippen molar-refractivity contribution < 1.29 is 19.0 Å². The summed E-state index contributed by atoms with van der Waals surface area (Å²) in [6, 6.07) is 17.6. The van der Waals surface area contributed by atoms with Gasteiger partial charge in [0.15, 0.2) is 18.1 Å². The van der Waals surface area contributed by atoms with Gasteiger partial charge in [-0.3, -0.25) is 4.79 Å². The lowest BCUT2D eigenvalue weighted by atomic mass is 10.1. The van der Waals surface area contributed by atoms with E-state index in [4.69, 9.17) is 14.2 Å². The molecule has 0 aliphatic carbocycles. The van der Waals surface area contributed by atoms with Crippen molar-refractivity contribution in [3.05, 3.63) is 60.2 Å². The lowest BCUT2D eigenvalue weighted by Gasteiger charge is -2.38. The van der Waals surface area contributed by atoms with Gasteiger partial charge in [0.2, 0.25) is 0 Å². The number of carbonyl (C=O) groups excluding carboxylic acids is 1. The van der Waals surface area contributed by atoms with E-state index in [0.29, 0.717) is 24.7 Å². The molecule has 5 nitrogen and oxygen atoms in total. The number of rotatable bonds is 6. The Bertz CT molecular complexity index is 719. The summed E-state index contributed by atoms with van der Waals surface area (Å²) < 4.78 is 16.9. The summed E-state index contributed by atoms with van der Waals surface area (Å²) in [5.74, 6) is 1.16. The van der Waals surface area contributed by atoms with Gasteiger partial charge in [0.1, 0.15) is 0 Å². The van der Waals surface area contributed by atoms with Gasteiger partial charge >= 0.3 is 0 Å². The van der Waals surface area contributed by atoms with E-state index in [0.717, 1.165) is 6.42 Å². The topological polar surface area (TPSA) is 48.0 Å². The third kappa shape index (κ3) is 4.55. The van der Waals surface area contributed by atoms with E-state index in [-0.39, 0.29) is 24.7 Å². The van der Waals surface area contributed by atoms with Crippen LogP contribution in [0, 0.1) is 0 Å². The number of hydrogen-bond acceptors (Lipinski definition) is 4. The van der Waals surface area contributed by atoms with Crippen LogP contribution in [0.15, 0.2) is 54.6 Å². The number of hydrogen-bond donors (Lipinski definition) is 0. The van der Waals surface area contributed by atoms with Crippen LogP contribution in [0.4, 0.5) is 0 Å². The van der Waals surface area contributed by atoms with Crippen molar-refractivity contribution in [2.75, 3.05) is 26.9 Å². The Labute approximate surface area is 154 Å². The highest BCUT2D eigenvalue weighted by Gasteiger charge is 2.30. The molecule has 0 N–H and O–H groups in total. The maximum absolute atomic E-state index is 12.7. The quantitative estimate of drug-likeness (QED) is 0.799. The first-order valence-electron chi connectivity index (χ1n) is 8.88. The van der Waals surface area contributed by atoms with Crippen LogP contribution in [-0.2, 0) is 16.0 Å². The van der Waals surface area contributed by atoms with Crippen LogP contribution < -0.4 is 9.47 Å². The molecule has 2 unspecified atom stereocenters. The summed E-state index contributed by atoms with van der Waals surface area (Å²) in [6.45, 7) is 3.10. The number of methoxy groups -OCH3 is 1. The Morgan fingerprint density at radius 2 is 1.81 bits per heavy atom. The first-order chi connectivity index (χ1) is 12.7. The molecule has 2 atom stereocenters. The summed E-state index contributed by atoms with van der Waals surface area (Å²) in [4.78, 5) is 14.5. The van der Waals surface area contributed by atoms with Gasteiger partial charge in [0.05, 0.1) is 25.9 Å². The Morgan fingerprint density at radius 1 is 1.12 bits per heavy atom. The van der Waals surface area contributed by atoms with E-state index in [1.165, 1.54) is 5.56 Å². The molecule has 2 aromatic rings. The minimum atomic E-state index is -0.0373. The molecule has 1 saturated heterocycles. The van der Waals surface area contributed by atoms with Gasteiger partial charge in [0.25, 0.3) is 5.91 Å². The molecule has 2 aromatic carbocycles.